The monoisotopic (exact) mass is 508 g/mol. The molecule has 2 saturated heterocycles. The maximum absolute atomic E-state index is 14.4. The van der Waals surface area contributed by atoms with Gasteiger partial charge in [-0.2, -0.15) is 4.31 Å². The van der Waals surface area contributed by atoms with Crippen LogP contribution in [0.2, 0.25) is 5.02 Å². The fraction of sp³-hybridized carbons (Fsp3) is 0.480. The summed E-state index contributed by atoms with van der Waals surface area (Å²) in [5.41, 5.74) is -0.718. The zero-order valence-corrected chi connectivity index (χ0v) is 20.7. The molecule has 0 radical (unpaired) electrons. The molecular formula is C25H30ClFN2O4S. The fourth-order valence-electron chi connectivity index (χ4n) is 4.82. The summed E-state index contributed by atoms with van der Waals surface area (Å²) in [5, 5.41) is 0.585. The lowest BCUT2D eigenvalue weighted by atomic mass is 9.78. The highest BCUT2D eigenvalue weighted by molar-refractivity contribution is 7.89. The van der Waals surface area contributed by atoms with Crippen molar-refractivity contribution in [2.45, 2.75) is 43.4 Å². The smallest absolute Gasteiger partial charge is 0.246 e. The number of hydrogen-bond acceptors (Lipinski definition) is 4. The Hall–Kier alpha value is -2.16. The third-order valence-corrected chi connectivity index (χ3v) is 8.80. The molecule has 0 aliphatic carbocycles. The molecule has 2 aromatic rings. The van der Waals surface area contributed by atoms with Crippen molar-refractivity contribution >= 4 is 27.5 Å². The number of carbonyl (C=O) groups excluding carboxylic acids is 1. The first-order valence-electron chi connectivity index (χ1n) is 11.7. The van der Waals surface area contributed by atoms with Gasteiger partial charge in [0, 0.05) is 43.0 Å². The van der Waals surface area contributed by atoms with Gasteiger partial charge in [-0.1, -0.05) is 23.7 Å². The summed E-state index contributed by atoms with van der Waals surface area (Å²) < 4.78 is 48.4. The Bertz CT molecular complexity index is 1110. The highest BCUT2D eigenvalue weighted by Crippen LogP contribution is 2.38. The molecule has 2 aliphatic heterocycles. The lowest BCUT2D eigenvalue weighted by Crippen LogP contribution is -2.51. The zero-order chi connectivity index (χ0) is 24.2. The Labute approximate surface area is 205 Å². The van der Waals surface area contributed by atoms with E-state index >= 15 is 0 Å². The van der Waals surface area contributed by atoms with Gasteiger partial charge in [-0.3, -0.25) is 4.79 Å². The van der Waals surface area contributed by atoms with Gasteiger partial charge in [0.25, 0.3) is 0 Å². The number of rotatable bonds is 7. The van der Waals surface area contributed by atoms with E-state index in [1.165, 1.54) is 22.5 Å². The van der Waals surface area contributed by atoms with Crippen LogP contribution in [0.3, 0.4) is 0 Å². The van der Waals surface area contributed by atoms with Crippen LogP contribution in [0.25, 0.3) is 0 Å². The lowest BCUT2D eigenvalue weighted by molar-refractivity contribution is -0.136. The molecule has 0 aromatic heterocycles. The minimum atomic E-state index is -4.05. The van der Waals surface area contributed by atoms with Gasteiger partial charge < -0.3 is 9.64 Å². The number of halogens is 2. The van der Waals surface area contributed by atoms with E-state index in [4.69, 9.17) is 16.3 Å². The van der Waals surface area contributed by atoms with Gasteiger partial charge in [-0.05, 0) is 68.5 Å². The standard InChI is InChI=1S/C25H30ClFN2O4S/c26-20-9-11-21(12-10-20)33-19-25(17-24(30)28-14-4-1-5-15-28)13-6-16-29(18-25)34(31,32)23-8-3-2-7-22(23)27/h2-3,7-12H,1,4-6,13-19H2/t25-/m1/s1. The predicted molar refractivity (Wildman–Crippen MR) is 129 cm³/mol. The number of amides is 1. The van der Waals surface area contributed by atoms with E-state index in [2.05, 4.69) is 0 Å². The van der Waals surface area contributed by atoms with Crippen molar-refractivity contribution in [2.24, 2.45) is 5.41 Å². The summed E-state index contributed by atoms with van der Waals surface area (Å²) in [7, 11) is -4.05. The highest BCUT2D eigenvalue weighted by Gasteiger charge is 2.43. The van der Waals surface area contributed by atoms with Crippen LogP contribution < -0.4 is 4.74 Å². The van der Waals surface area contributed by atoms with Gasteiger partial charge in [0.15, 0.2) is 0 Å². The van der Waals surface area contributed by atoms with Crippen LogP contribution in [-0.2, 0) is 14.8 Å². The van der Waals surface area contributed by atoms with E-state index in [9.17, 15) is 17.6 Å². The van der Waals surface area contributed by atoms with E-state index in [1.807, 2.05) is 4.90 Å². The molecule has 184 valence electrons. The molecule has 9 heteroatoms. The van der Waals surface area contributed by atoms with Crippen LogP contribution in [-0.4, -0.2) is 56.3 Å². The second kappa shape index (κ2) is 10.6. The largest absolute Gasteiger partial charge is 0.493 e. The maximum atomic E-state index is 14.4. The van der Waals surface area contributed by atoms with Gasteiger partial charge in [-0.25, -0.2) is 12.8 Å². The number of carbonyl (C=O) groups is 1. The molecule has 0 spiro atoms. The van der Waals surface area contributed by atoms with Gasteiger partial charge in [0.05, 0.1) is 6.61 Å². The van der Waals surface area contributed by atoms with Crippen molar-refractivity contribution in [3.63, 3.8) is 0 Å². The first-order valence-corrected chi connectivity index (χ1v) is 13.5. The summed E-state index contributed by atoms with van der Waals surface area (Å²) in [5.74, 6) is -0.159. The summed E-state index contributed by atoms with van der Waals surface area (Å²) in [4.78, 5) is 14.8. The number of piperidine rings is 2. The van der Waals surface area contributed by atoms with Crippen LogP contribution in [0, 0.1) is 11.2 Å². The second-order valence-electron chi connectivity index (χ2n) is 9.23. The molecule has 2 aliphatic rings. The van der Waals surface area contributed by atoms with Crippen molar-refractivity contribution in [3.05, 3.63) is 59.4 Å². The van der Waals surface area contributed by atoms with Gasteiger partial charge in [0.2, 0.25) is 15.9 Å². The molecule has 34 heavy (non-hydrogen) atoms. The van der Waals surface area contributed by atoms with Gasteiger partial charge in [-0.15, -0.1) is 0 Å². The number of ether oxygens (including phenoxy) is 1. The number of sulfonamides is 1. The quantitative estimate of drug-likeness (QED) is 0.542. The van der Waals surface area contributed by atoms with Crippen LogP contribution in [0.5, 0.6) is 5.75 Å². The second-order valence-corrected chi connectivity index (χ2v) is 11.6. The molecule has 2 aromatic carbocycles. The highest BCUT2D eigenvalue weighted by atomic mass is 35.5. The van der Waals surface area contributed by atoms with Crippen molar-refractivity contribution in [2.75, 3.05) is 32.8 Å². The topological polar surface area (TPSA) is 66.9 Å². The summed E-state index contributed by atoms with van der Waals surface area (Å²) in [6.45, 7) is 2.00. The minimum Gasteiger partial charge on any atom is -0.493 e. The summed E-state index contributed by atoms with van der Waals surface area (Å²) in [6.07, 6.45) is 4.46. The van der Waals surface area contributed by atoms with Crippen LogP contribution in [0.4, 0.5) is 4.39 Å². The molecule has 1 amide bonds. The molecule has 0 N–H and O–H groups in total. The molecule has 0 saturated carbocycles. The van der Waals surface area contributed by atoms with Crippen molar-refractivity contribution in [1.82, 2.24) is 9.21 Å². The molecule has 1 atom stereocenters. The van der Waals surface area contributed by atoms with Crippen LogP contribution >= 0.6 is 11.6 Å². The Kier molecular flexibility index (Phi) is 7.80. The Morgan fingerprint density at radius 2 is 1.71 bits per heavy atom. The van der Waals surface area contributed by atoms with E-state index in [0.717, 1.165) is 38.4 Å². The number of benzene rings is 2. The third kappa shape index (κ3) is 5.73. The van der Waals surface area contributed by atoms with Gasteiger partial charge in [0.1, 0.15) is 16.5 Å². The minimum absolute atomic E-state index is 0.0181. The normalized spacial score (nSPS) is 21.9. The van der Waals surface area contributed by atoms with E-state index in [1.54, 1.807) is 24.3 Å². The first-order chi connectivity index (χ1) is 16.3. The van der Waals surface area contributed by atoms with Crippen molar-refractivity contribution in [1.29, 1.82) is 0 Å². The average Bonchev–Trinajstić information content (AvgIpc) is 2.84. The lowest BCUT2D eigenvalue weighted by Gasteiger charge is -2.42. The first kappa shape index (κ1) is 24.9. The van der Waals surface area contributed by atoms with Gasteiger partial charge >= 0.3 is 0 Å². The molecule has 2 fully saturated rings. The summed E-state index contributed by atoms with van der Waals surface area (Å²) >= 11 is 5.97. The maximum Gasteiger partial charge on any atom is 0.246 e. The van der Waals surface area contributed by atoms with Crippen molar-refractivity contribution in [3.8, 4) is 5.75 Å². The molecular weight excluding hydrogens is 479 g/mol. The Morgan fingerprint density at radius 1 is 1.00 bits per heavy atom. The van der Waals surface area contributed by atoms with Crippen LogP contribution in [0.1, 0.15) is 38.5 Å². The number of likely N-dealkylation sites (tertiary alicyclic amines) is 1. The molecule has 0 bridgehead atoms. The third-order valence-electron chi connectivity index (χ3n) is 6.67. The van der Waals surface area contributed by atoms with Crippen LogP contribution in [0.15, 0.2) is 53.4 Å². The van der Waals surface area contributed by atoms with Crippen molar-refractivity contribution < 1.29 is 22.3 Å². The fourth-order valence-corrected chi connectivity index (χ4v) is 6.60. The molecule has 0 unspecified atom stereocenters. The predicted octanol–water partition coefficient (Wildman–Crippen LogP) is 4.73. The Balaban J connectivity index is 1.58. The molecule has 2 heterocycles. The molecule has 6 nitrogen and oxygen atoms in total. The number of hydrogen-bond donors (Lipinski definition) is 0. The number of nitrogens with zero attached hydrogens (tertiary/aromatic N) is 2. The average molecular weight is 509 g/mol. The Morgan fingerprint density at radius 3 is 2.41 bits per heavy atom. The molecule has 4 rings (SSSR count). The SMILES string of the molecule is O=C(C[C@]1(COc2ccc(Cl)cc2)CCCN(S(=O)(=O)c2ccccc2F)C1)N1CCCCC1. The zero-order valence-electron chi connectivity index (χ0n) is 19.1. The van der Waals surface area contributed by atoms with E-state index < -0.39 is 21.3 Å². The summed E-state index contributed by atoms with van der Waals surface area (Å²) in [6, 6.07) is 12.3. The van der Waals surface area contributed by atoms with E-state index in [0.29, 0.717) is 23.6 Å². The van der Waals surface area contributed by atoms with E-state index in [-0.39, 0.29) is 36.9 Å².